The van der Waals surface area contributed by atoms with Crippen LogP contribution in [-0.2, 0) is 4.79 Å². The largest absolute Gasteiger partial charge is 0.378 e. The summed E-state index contributed by atoms with van der Waals surface area (Å²) in [5.74, 6) is -0.480. The molecule has 2 nitrogen and oxygen atoms in total. The molecular formula is C9H8Cl3NO. The molecule has 0 aliphatic carbocycles. The van der Waals surface area contributed by atoms with Gasteiger partial charge in [-0.1, -0.05) is 53.0 Å². The van der Waals surface area contributed by atoms with Crippen LogP contribution in [0.4, 0.5) is 5.69 Å². The average Bonchev–Trinajstić information content (AvgIpc) is 2.14. The Balaban J connectivity index is 2.46. The van der Waals surface area contributed by atoms with Gasteiger partial charge >= 0.3 is 0 Å². The zero-order chi connectivity index (χ0) is 10.6. The average molecular weight is 253 g/mol. The Morgan fingerprint density at radius 2 is 1.79 bits per heavy atom. The van der Waals surface area contributed by atoms with E-state index < -0.39 is 9.58 Å². The lowest BCUT2D eigenvalue weighted by atomic mass is 10.3. The molecule has 0 aromatic heterocycles. The molecule has 0 unspecified atom stereocenters. The van der Waals surface area contributed by atoms with Crippen molar-refractivity contribution in [2.45, 2.75) is 3.79 Å². The second-order valence-electron chi connectivity index (χ2n) is 2.64. The first-order valence-electron chi connectivity index (χ1n) is 3.89. The standard InChI is InChI=1S/C9H8Cl3NO/c10-9(11,12)8(14)6-13-7-4-2-1-3-5-7/h1-5,13H,6H2. The zero-order valence-electron chi connectivity index (χ0n) is 7.14. The molecule has 0 saturated heterocycles. The van der Waals surface area contributed by atoms with Crippen molar-refractivity contribution in [1.29, 1.82) is 0 Å². The summed E-state index contributed by atoms with van der Waals surface area (Å²) in [7, 11) is 0. The monoisotopic (exact) mass is 251 g/mol. The molecule has 0 aliphatic rings. The van der Waals surface area contributed by atoms with Gasteiger partial charge in [-0.2, -0.15) is 0 Å². The van der Waals surface area contributed by atoms with Crippen LogP contribution in [0, 0.1) is 0 Å². The summed E-state index contributed by atoms with van der Waals surface area (Å²) in [6.07, 6.45) is 0. The molecule has 0 aliphatic heterocycles. The topological polar surface area (TPSA) is 29.1 Å². The van der Waals surface area contributed by atoms with E-state index in [9.17, 15) is 4.79 Å². The number of nitrogens with one attached hydrogen (secondary N) is 1. The fraction of sp³-hybridized carbons (Fsp3) is 0.222. The molecule has 0 bridgehead atoms. The first kappa shape index (κ1) is 11.6. The summed E-state index contributed by atoms with van der Waals surface area (Å²) in [4.78, 5) is 11.2. The van der Waals surface area contributed by atoms with Crippen LogP contribution in [0.15, 0.2) is 30.3 Å². The second-order valence-corrected chi connectivity index (χ2v) is 4.92. The Kier molecular flexibility index (Phi) is 4.05. The molecule has 0 radical (unpaired) electrons. The van der Waals surface area contributed by atoms with Gasteiger partial charge in [-0.05, 0) is 12.1 Å². The van der Waals surface area contributed by atoms with Crippen molar-refractivity contribution in [3.05, 3.63) is 30.3 Å². The molecule has 1 aromatic carbocycles. The smallest absolute Gasteiger partial charge is 0.250 e. The summed E-state index contributed by atoms with van der Waals surface area (Å²) in [5.41, 5.74) is 0.815. The fourth-order valence-corrected chi connectivity index (χ4v) is 1.04. The van der Waals surface area contributed by atoms with Crippen molar-refractivity contribution in [1.82, 2.24) is 0 Å². The van der Waals surface area contributed by atoms with Gasteiger partial charge in [0.1, 0.15) is 0 Å². The van der Waals surface area contributed by atoms with Crippen LogP contribution >= 0.6 is 34.8 Å². The summed E-state index contributed by atoms with van der Waals surface area (Å²) >= 11 is 16.2. The number of benzene rings is 1. The molecule has 1 N–H and O–H groups in total. The molecule has 0 saturated carbocycles. The Bertz CT molecular complexity index is 308. The van der Waals surface area contributed by atoms with Gasteiger partial charge in [0.2, 0.25) is 5.78 Å². The van der Waals surface area contributed by atoms with E-state index >= 15 is 0 Å². The maximum Gasteiger partial charge on any atom is 0.250 e. The number of ketones is 1. The van der Waals surface area contributed by atoms with Crippen LogP contribution in [0.3, 0.4) is 0 Å². The van der Waals surface area contributed by atoms with E-state index in [0.717, 1.165) is 5.69 Å². The molecule has 0 fully saturated rings. The highest BCUT2D eigenvalue weighted by Crippen LogP contribution is 2.26. The number of rotatable bonds is 3. The lowest BCUT2D eigenvalue weighted by Crippen LogP contribution is -2.26. The molecule has 76 valence electrons. The SMILES string of the molecule is O=C(CNc1ccccc1)C(Cl)(Cl)Cl. The number of carbonyl (C=O) groups is 1. The lowest BCUT2D eigenvalue weighted by molar-refractivity contribution is -0.116. The number of alkyl halides is 3. The van der Waals surface area contributed by atoms with Gasteiger partial charge in [0.25, 0.3) is 3.79 Å². The first-order valence-corrected chi connectivity index (χ1v) is 5.02. The number of hydrogen-bond donors (Lipinski definition) is 1. The van der Waals surface area contributed by atoms with Crippen molar-refractivity contribution in [2.75, 3.05) is 11.9 Å². The summed E-state index contributed by atoms with van der Waals surface area (Å²) < 4.78 is -1.85. The molecule has 14 heavy (non-hydrogen) atoms. The van der Waals surface area contributed by atoms with E-state index in [4.69, 9.17) is 34.8 Å². The highest BCUT2D eigenvalue weighted by molar-refractivity contribution is 6.76. The number of para-hydroxylation sites is 1. The molecule has 0 amide bonds. The quantitative estimate of drug-likeness (QED) is 0.838. The first-order chi connectivity index (χ1) is 6.50. The maximum absolute atomic E-state index is 11.2. The number of anilines is 1. The molecule has 1 rings (SSSR count). The van der Waals surface area contributed by atoms with Crippen molar-refractivity contribution in [3.8, 4) is 0 Å². The van der Waals surface area contributed by atoms with Gasteiger partial charge < -0.3 is 5.32 Å². The molecular weight excluding hydrogens is 244 g/mol. The van der Waals surface area contributed by atoms with E-state index in [1.165, 1.54) is 0 Å². The zero-order valence-corrected chi connectivity index (χ0v) is 9.40. The molecule has 1 aromatic rings. The van der Waals surface area contributed by atoms with Crippen molar-refractivity contribution in [3.63, 3.8) is 0 Å². The third kappa shape index (κ3) is 3.74. The third-order valence-corrected chi connectivity index (χ3v) is 2.18. The van der Waals surface area contributed by atoms with Crippen molar-refractivity contribution in [2.24, 2.45) is 0 Å². The van der Waals surface area contributed by atoms with Gasteiger partial charge in [0.05, 0.1) is 6.54 Å². The van der Waals surface area contributed by atoms with Crippen LogP contribution in [0.1, 0.15) is 0 Å². The maximum atomic E-state index is 11.2. The van der Waals surface area contributed by atoms with Crippen LogP contribution < -0.4 is 5.32 Å². The Morgan fingerprint density at radius 3 is 2.29 bits per heavy atom. The van der Waals surface area contributed by atoms with Crippen molar-refractivity contribution >= 4 is 46.3 Å². The van der Waals surface area contributed by atoms with E-state index in [1.54, 1.807) is 0 Å². The fourth-order valence-electron chi connectivity index (χ4n) is 0.839. The predicted octanol–water partition coefficient (Wildman–Crippen LogP) is 3.04. The van der Waals surface area contributed by atoms with Crippen LogP contribution in [-0.4, -0.2) is 16.1 Å². The predicted molar refractivity (Wildman–Crippen MR) is 60.2 cm³/mol. The Labute approximate surface area is 97.1 Å². The molecule has 0 heterocycles. The third-order valence-electron chi connectivity index (χ3n) is 1.54. The Morgan fingerprint density at radius 1 is 1.21 bits per heavy atom. The second kappa shape index (κ2) is 4.87. The van der Waals surface area contributed by atoms with Gasteiger partial charge in [0.15, 0.2) is 0 Å². The molecule has 0 atom stereocenters. The minimum atomic E-state index is -1.85. The molecule has 0 spiro atoms. The normalized spacial score (nSPS) is 11.1. The number of hydrogen-bond acceptors (Lipinski definition) is 2. The van der Waals surface area contributed by atoms with E-state index in [1.807, 2.05) is 30.3 Å². The molecule has 5 heteroatoms. The van der Waals surface area contributed by atoms with Gasteiger partial charge in [0, 0.05) is 5.69 Å². The van der Waals surface area contributed by atoms with Crippen molar-refractivity contribution < 1.29 is 4.79 Å². The lowest BCUT2D eigenvalue weighted by Gasteiger charge is -2.10. The minimum absolute atomic E-state index is 0.000509. The minimum Gasteiger partial charge on any atom is -0.378 e. The van der Waals surface area contributed by atoms with E-state index in [0.29, 0.717) is 0 Å². The summed E-state index contributed by atoms with van der Waals surface area (Å²) in [6, 6.07) is 9.23. The van der Waals surface area contributed by atoms with Crippen LogP contribution in [0.2, 0.25) is 0 Å². The highest BCUT2D eigenvalue weighted by Gasteiger charge is 2.29. The Hall–Kier alpha value is -0.440. The van der Waals surface area contributed by atoms with E-state index in [-0.39, 0.29) is 6.54 Å². The summed E-state index contributed by atoms with van der Waals surface area (Å²) in [6.45, 7) is 0.000509. The highest BCUT2D eigenvalue weighted by atomic mass is 35.6. The van der Waals surface area contributed by atoms with E-state index in [2.05, 4.69) is 5.32 Å². The van der Waals surface area contributed by atoms with Gasteiger partial charge in [-0.3, -0.25) is 4.79 Å². The van der Waals surface area contributed by atoms with Gasteiger partial charge in [-0.15, -0.1) is 0 Å². The number of halogens is 3. The number of carbonyl (C=O) groups excluding carboxylic acids is 1. The summed E-state index contributed by atoms with van der Waals surface area (Å²) in [5, 5.41) is 2.85. The van der Waals surface area contributed by atoms with Gasteiger partial charge in [-0.25, -0.2) is 0 Å². The van der Waals surface area contributed by atoms with Crippen LogP contribution in [0.5, 0.6) is 0 Å². The van der Waals surface area contributed by atoms with Crippen LogP contribution in [0.25, 0.3) is 0 Å². The number of Topliss-reactive ketones (excluding diaryl/α,β-unsaturated/α-hetero) is 1.